The van der Waals surface area contributed by atoms with Crippen LogP contribution in [0.1, 0.15) is 11.1 Å². The fourth-order valence-electron chi connectivity index (χ4n) is 3.72. The predicted molar refractivity (Wildman–Crippen MR) is 124 cm³/mol. The van der Waals surface area contributed by atoms with Gasteiger partial charge in [-0.2, -0.15) is 0 Å². The second-order valence-corrected chi connectivity index (χ2v) is 8.68. The normalized spacial score (nSPS) is 11.4. The van der Waals surface area contributed by atoms with E-state index in [0.29, 0.717) is 27.5 Å². The van der Waals surface area contributed by atoms with Gasteiger partial charge in [0, 0.05) is 10.1 Å². The lowest BCUT2D eigenvalue weighted by atomic mass is 10.1. The third-order valence-corrected chi connectivity index (χ3v) is 6.68. The van der Waals surface area contributed by atoms with Crippen molar-refractivity contribution in [2.75, 3.05) is 0 Å². The fraction of sp³-hybridized carbons (Fsp3) is 0.0833. The number of halogens is 1. The molecule has 0 bridgehead atoms. The molecule has 0 N–H and O–H groups in total. The second kappa shape index (κ2) is 7.27. The van der Waals surface area contributed by atoms with Crippen LogP contribution in [0.3, 0.4) is 0 Å². The molecule has 0 atom stereocenters. The molecule has 0 aliphatic rings. The quantitative estimate of drug-likeness (QED) is 0.384. The number of thiophene rings is 1. The molecule has 0 fully saturated rings. The molecule has 30 heavy (non-hydrogen) atoms. The standard InChI is InChI=1S/C24H17ClN2O2S/c1-15-10-12-16(13-11-15)14-26-21-17-6-2-5-9-20(17)30-22(21)23(28)27(24(26)29)19-8-4-3-7-18(19)25/h2-13H,14H2,1H3. The number of rotatable bonds is 3. The summed E-state index contributed by atoms with van der Waals surface area (Å²) in [5.74, 6) is 0. The Bertz CT molecular complexity index is 1530. The van der Waals surface area contributed by atoms with Crippen LogP contribution in [0.5, 0.6) is 0 Å². The van der Waals surface area contributed by atoms with Crippen LogP contribution in [0, 0.1) is 6.92 Å². The van der Waals surface area contributed by atoms with E-state index in [9.17, 15) is 9.59 Å². The molecule has 0 unspecified atom stereocenters. The first-order valence-corrected chi connectivity index (χ1v) is 10.7. The maximum Gasteiger partial charge on any atom is 0.336 e. The molecule has 0 amide bonds. The van der Waals surface area contributed by atoms with Crippen molar-refractivity contribution in [3.8, 4) is 5.69 Å². The SMILES string of the molecule is Cc1ccc(Cn2c(=O)n(-c3ccccc3Cl)c(=O)c3sc4ccccc4c32)cc1. The van der Waals surface area contributed by atoms with Gasteiger partial charge in [-0.3, -0.25) is 9.36 Å². The van der Waals surface area contributed by atoms with Crippen molar-refractivity contribution < 1.29 is 0 Å². The highest BCUT2D eigenvalue weighted by Crippen LogP contribution is 2.31. The van der Waals surface area contributed by atoms with Crippen molar-refractivity contribution in [1.29, 1.82) is 0 Å². The van der Waals surface area contributed by atoms with Crippen LogP contribution in [-0.2, 0) is 6.54 Å². The summed E-state index contributed by atoms with van der Waals surface area (Å²) in [6, 6.07) is 22.8. The second-order valence-electron chi connectivity index (χ2n) is 7.22. The fourth-order valence-corrected chi connectivity index (χ4v) is 5.07. The molecular formula is C24H17ClN2O2S. The minimum absolute atomic E-state index is 0.343. The van der Waals surface area contributed by atoms with Gasteiger partial charge >= 0.3 is 5.69 Å². The van der Waals surface area contributed by atoms with Crippen LogP contribution >= 0.6 is 22.9 Å². The van der Waals surface area contributed by atoms with Gasteiger partial charge in [0.15, 0.2) is 0 Å². The van der Waals surface area contributed by atoms with E-state index in [1.807, 2.05) is 55.5 Å². The van der Waals surface area contributed by atoms with E-state index in [4.69, 9.17) is 11.6 Å². The van der Waals surface area contributed by atoms with Crippen molar-refractivity contribution in [3.05, 3.63) is 110 Å². The Morgan fingerprint density at radius 1 is 0.900 bits per heavy atom. The Kier molecular flexibility index (Phi) is 4.57. The summed E-state index contributed by atoms with van der Waals surface area (Å²) >= 11 is 7.76. The lowest BCUT2D eigenvalue weighted by molar-refractivity contribution is 0.718. The molecule has 148 valence electrons. The number of nitrogens with zero attached hydrogens (tertiary/aromatic N) is 2. The number of benzene rings is 3. The molecular weight excluding hydrogens is 416 g/mol. The molecule has 0 spiro atoms. The zero-order valence-electron chi connectivity index (χ0n) is 16.1. The number of aromatic nitrogens is 2. The van der Waals surface area contributed by atoms with Crippen molar-refractivity contribution in [3.63, 3.8) is 0 Å². The van der Waals surface area contributed by atoms with E-state index < -0.39 is 5.69 Å². The predicted octanol–water partition coefficient (Wildman–Crippen LogP) is 5.38. The van der Waals surface area contributed by atoms with E-state index in [1.54, 1.807) is 28.8 Å². The first-order chi connectivity index (χ1) is 14.5. The topological polar surface area (TPSA) is 44.0 Å². The molecule has 0 aliphatic heterocycles. The maximum atomic E-state index is 13.6. The van der Waals surface area contributed by atoms with Gasteiger partial charge in [-0.25, -0.2) is 9.36 Å². The van der Waals surface area contributed by atoms with Crippen LogP contribution < -0.4 is 11.2 Å². The molecule has 4 nitrogen and oxygen atoms in total. The third-order valence-electron chi connectivity index (χ3n) is 5.21. The van der Waals surface area contributed by atoms with Crippen molar-refractivity contribution >= 4 is 43.2 Å². The highest BCUT2D eigenvalue weighted by molar-refractivity contribution is 7.25. The van der Waals surface area contributed by atoms with E-state index >= 15 is 0 Å². The summed E-state index contributed by atoms with van der Waals surface area (Å²) in [4.78, 5) is 27.1. The molecule has 0 saturated carbocycles. The molecule has 5 rings (SSSR count). The Labute approximate surface area is 181 Å². The van der Waals surface area contributed by atoms with Gasteiger partial charge in [-0.15, -0.1) is 11.3 Å². The van der Waals surface area contributed by atoms with Gasteiger partial charge in [0.1, 0.15) is 4.70 Å². The average molecular weight is 433 g/mol. The zero-order valence-corrected chi connectivity index (χ0v) is 17.7. The largest absolute Gasteiger partial charge is 0.336 e. The highest BCUT2D eigenvalue weighted by atomic mass is 35.5. The van der Waals surface area contributed by atoms with E-state index in [1.165, 1.54) is 15.9 Å². The van der Waals surface area contributed by atoms with Crippen LogP contribution in [0.4, 0.5) is 0 Å². The van der Waals surface area contributed by atoms with Gasteiger partial charge in [0.05, 0.1) is 22.8 Å². The molecule has 0 saturated heterocycles. The number of para-hydroxylation sites is 1. The first-order valence-electron chi connectivity index (χ1n) is 9.52. The van der Waals surface area contributed by atoms with Gasteiger partial charge in [-0.1, -0.05) is 71.8 Å². The molecule has 2 aromatic heterocycles. The highest BCUT2D eigenvalue weighted by Gasteiger charge is 2.20. The first kappa shape index (κ1) is 18.9. The summed E-state index contributed by atoms with van der Waals surface area (Å²) in [7, 11) is 0. The van der Waals surface area contributed by atoms with Gasteiger partial charge in [-0.05, 0) is 30.7 Å². The Balaban J connectivity index is 1.90. The number of aryl methyl sites for hydroxylation is 1. The lowest BCUT2D eigenvalue weighted by Crippen LogP contribution is -2.38. The summed E-state index contributed by atoms with van der Waals surface area (Å²) in [6.45, 7) is 2.39. The molecule has 0 radical (unpaired) electrons. The van der Waals surface area contributed by atoms with Crippen molar-refractivity contribution in [2.24, 2.45) is 0 Å². The number of hydrogen-bond acceptors (Lipinski definition) is 3. The Hall–Kier alpha value is -3.15. The Morgan fingerprint density at radius 3 is 2.37 bits per heavy atom. The van der Waals surface area contributed by atoms with Gasteiger partial charge in [0.2, 0.25) is 0 Å². The van der Waals surface area contributed by atoms with Crippen LogP contribution in [0.15, 0.2) is 82.4 Å². The molecule has 3 aromatic carbocycles. The van der Waals surface area contributed by atoms with Gasteiger partial charge in [0.25, 0.3) is 5.56 Å². The smallest absolute Gasteiger partial charge is 0.287 e. The van der Waals surface area contributed by atoms with E-state index in [-0.39, 0.29) is 5.56 Å². The maximum absolute atomic E-state index is 13.6. The molecule has 6 heteroatoms. The summed E-state index contributed by atoms with van der Waals surface area (Å²) in [5, 5.41) is 1.27. The zero-order chi connectivity index (χ0) is 20.8. The summed E-state index contributed by atoms with van der Waals surface area (Å²) in [5.41, 5.74) is 2.47. The molecule has 5 aromatic rings. The average Bonchev–Trinajstić information content (AvgIpc) is 3.14. The van der Waals surface area contributed by atoms with E-state index in [0.717, 1.165) is 21.2 Å². The molecule has 2 heterocycles. The third kappa shape index (κ3) is 2.98. The Morgan fingerprint density at radius 2 is 1.60 bits per heavy atom. The van der Waals surface area contributed by atoms with Crippen LogP contribution in [0.25, 0.3) is 26.0 Å². The lowest BCUT2D eigenvalue weighted by Gasteiger charge is -2.14. The van der Waals surface area contributed by atoms with Crippen molar-refractivity contribution in [2.45, 2.75) is 13.5 Å². The number of fused-ring (bicyclic) bond motifs is 3. The van der Waals surface area contributed by atoms with E-state index in [2.05, 4.69) is 0 Å². The number of hydrogen-bond donors (Lipinski definition) is 0. The molecule has 0 aliphatic carbocycles. The minimum Gasteiger partial charge on any atom is -0.287 e. The summed E-state index contributed by atoms with van der Waals surface area (Å²) < 4.78 is 4.39. The summed E-state index contributed by atoms with van der Waals surface area (Å²) in [6.07, 6.45) is 0. The van der Waals surface area contributed by atoms with Crippen molar-refractivity contribution in [1.82, 2.24) is 9.13 Å². The monoisotopic (exact) mass is 432 g/mol. The van der Waals surface area contributed by atoms with Gasteiger partial charge < -0.3 is 0 Å². The van der Waals surface area contributed by atoms with Crippen LogP contribution in [0.2, 0.25) is 5.02 Å². The van der Waals surface area contributed by atoms with Crippen LogP contribution in [-0.4, -0.2) is 9.13 Å². The minimum atomic E-state index is -0.398.